The average Bonchev–Trinajstić information content (AvgIpc) is 2.35. The first kappa shape index (κ1) is 13.4. The van der Waals surface area contributed by atoms with Gasteiger partial charge in [-0.05, 0) is 31.4 Å². The van der Waals surface area contributed by atoms with E-state index in [2.05, 4.69) is 5.32 Å². The Labute approximate surface area is 113 Å². The second kappa shape index (κ2) is 6.22. The van der Waals surface area contributed by atoms with Crippen LogP contribution in [0.1, 0.15) is 25.7 Å². The molecule has 0 atom stereocenters. The maximum absolute atomic E-state index is 12.3. The van der Waals surface area contributed by atoms with Gasteiger partial charge in [-0.1, -0.05) is 18.2 Å². The van der Waals surface area contributed by atoms with Crippen LogP contribution in [0.25, 0.3) is 0 Å². The molecule has 1 saturated carbocycles. The topological polar surface area (TPSA) is 82.2 Å². The fraction of sp³-hybridized carbons (Fsp3) is 0.429. The fourth-order valence-corrected chi connectivity index (χ4v) is 1.99. The van der Waals surface area contributed by atoms with Gasteiger partial charge in [-0.3, -0.25) is 10.3 Å². The lowest BCUT2D eigenvalue weighted by molar-refractivity contribution is 0.234. The third-order valence-corrected chi connectivity index (χ3v) is 3.35. The Bertz CT molecular complexity index is 442. The molecule has 1 aliphatic rings. The Kier molecular flexibility index (Phi) is 4.39. The second-order valence-electron chi connectivity index (χ2n) is 4.84. The number of carbonyl (C=O) groups is 1. The number of hydrogen-bond acceptors (Lipinski definition) is 2. The van der Waals surface area contributed by atoms with Crippen LogP contribution in [0.2, 0.25) is 0 Å². The molecule has 0 bridgehead atoms. The van der Waals surface area contributed by atoms with E-state index in [0.717, 1.165) is 18.5 Å². The zero-order chi connectivity index (χ0) is 13.7. The lowest BCUT2D eigenvalue weighted by Gasteiger charge is -2.30. The van der Waals surface area contributed by atoms with E-state index in [0.29, 0.717) is 19.0 Å². The van der Waals surface area contributed by atoms with E-state index in [4.69, 9.17) is 11.1 Å². The number of benzene rings is 1. The molecular formula is C14H20N4O. The Morgan fingerprint density at radius 3 is 2.58 bits per heavy atom. The Morgan fingerprint density at radius 2 is 2.05 bits per heavy atom. The number of amides is 2. The summed E-state index contributed by atoms with van der Waals surface area (Å²) in [5, 5.41) is 10.3. The number of anilines is 1. The number of nitrogens with one attached hydrogen (secondary N) is 2. The number of rotatable bonds is 5. The third kappa shape index (κ3) is 3.71. The van der Waals surface area contributed by atoms with Crippen LogP contribution in [-0.2, 0) is 0 Å². The van der Waals surface area contributed by atoms with Crippen LogP contribution in [0, 0.1) is 5.41 Å². The van der Waals surface area contributed by atoms with Crippen LogP contribution in [0.5, 0.6) is 0 Å². The molecule has 0 saturated heterocycles. The van der Waals surface area contributed by atoms with Crippen molar-refractivity contribution >= 4 is 17.6 Å². The molecule has 5 nitrogen and oxygen atoms in total. The number of amidine groups is 1. The SMILES string of the molecule is N=C(N)CCN(C(=O)NC1CCC1)c1ccccc1. The normalized spacial score (nSPS) is 14.5. The van der Waals surface area contributed by atoms with Gasteiger partial charge in [0.05, 0.1) is 5.84 Å². The molecule has 1 aliphatic carbocycles. The summed E-state index contributed by atoms with van der Waals surface area (Å²) in [7, 11) is 0. The summed E-state index contributed by atoms with van der Waals surface area (Å²) in [5.41, 5.74) is 6.22. The second-order valence-corrected chi connectivity index (χ2v) is 4.84. The van der Waals surface area contributed by atoms with Gasteiger partial charge in [0.2, 0.25) is 0 Å². The molecule has 0 aliphatic heterocycles. The maximum atomic E-state index is 12.3. The van der Waals surface area contributed by atoms with Crippen molar-refractivity contribution in [1.29, 1.82) is 5.41 Å². The van der Waals surface area contributed by atoms with Crippen molar-refractivity contribution in [3.63, 3.8) is 0 Å². The summed E-state index contributed by atoms with van der Waals surface area (Å²) in [5.74, 6) is 0.0948. The first-order valence-corrected chi connectivity index (χ1v) is 6.63. The van der Waals surface area contributed by atoms with Crippen LogP contribution in [0.15, 0.2) is 30.3 Å². The van der Waals surface area contributed by atoms with Crippen LogP contribution in [0.4, 0.5) is 10.5 Å². The minimum Gasteiger partial charge on any atom is -0.388 e. The van der Waals surface area contributed by atoms with Crippen molar-refractivity contribution in [1.82, 2.24) is 5.32 Å². The average molecular weight is 260 g/mol. The summed E-state index contributed by atoms with van der Waals surface area (Å²) in [4.78, 5) is 13.9. The maximum Gasteiger partial charge on any atom is 0.322 e. The van der Waals surface area contributed by atoms with Gasteiger partial charge < -0.3 is 11.1 Å². The van der Waals surface area contributed by atoms with Gasteiger partial charge in [0.1, 0.15) is 0 Å². The van der Waals surface area contributed by atoms with E-state index in [9.17, 15) is 4.79 Å². The van der Waals surface area contributed by atoms with Gasteiger partial charge in [0, 0.05) is 24.7 Å². The predicted octanol–water partition coefficient (Wildman–Crippen LogP) is 2.08. The standard InChI is InChI=1S/C14H20N4O/c15-13(16)9-10-18(12-7-2-1-3-8-12)14(19)17-11-5-4-6-11/h1-3,7-8,11H,4-6,9-10H2,(H3,15,16)(H,17,19). The monoisotopic (exact) mass is 260 g/mol. The highest BCUT2D eigenvalue weighted by Gasteiger charge is 2.23. The highest BCUT2D eigenvalue weighted by molar-refractivity contribution is 5.93. The molecule has 1 fully saturated rings. The fourth-order valence-electron chi connectivity index (χ4n) is 1.99. The van der Waals surface area contributed by atoms with Crippen molar-refractivity contribution in [3.05, 3.63) is 30.3 Å². The zero-order valence-electron chi connectivity index (χ0n) is 10.9. The van der Waals surface area contributed by atoms with Gasteiger partial charge in [-0.2, -0.15) is 0 Å². The smallest absolute Gasteiger partial charge is 0.322 e. The van der Waals surface area contributed by atoms with Gasteiger partial charge >= 0.3 is 6.03 Å². The predicted molar refractivity (Wildman–Crippen MR) is 76.5 cm³/mol. The van der Waals surface area contributed by atoms with E-state index < -0.39 is 0 Å². The highest BCUT2D eigenvalue weighted by atomic mass is 16.2. The number of hydrogen-bond donors (Lipinski definition) is 3. The van der Waals surface area contributed by atoms with Crippen LogP contribution in [-0.4, -0.2) is 24.5 Å². The van der Waals surface area contributed by atoms with Crippen molar-refractivity contribution in [3.8, 4) is 0 Å². The van der Waals surface area contributed by atoms with Crippen LogP contribution in [0.3, 0.4) is 0 Å². The molecular weight excluding hydrogens is 240 g/mol. The highest BCUT2D eigenvalue weighted by Crippen LogP contribution is 2.20. The summed E-state index contributed by atoms with van der Waals surface area (Å²) >= 11 is 0. The summed E-state index contributed by atoms with van der Waals surface area (Å²) in [6.45, 7) is 0.428. The van der Waals surface area contributed by atoms with Crippen LogP contribution >= 0.6 is 0 Å². The molecule has 19 heavy (non-hydrogen) atoms. The van der Waals surface area contributed by atoms with E-state index >= 15 is 0 Å². The minimum absolute atomic E-state index is 0.0948. The van der Waals surface area contributed by atoms with E-state index in [1.807, 2.05) is 30.3 Å². The largest absolute Gasteiger partial charge is 0.388 e. The van der Waals surface area contributed by atoms with Gasteiger partial charge in [-0.15, -0.1) is 0 Å². The van der Waals surface area contributed by atoms with Crippen LogP contribution < -0.4 is 16.0 Å². The minimum atomic E-state index is -0.0999. The zero-order valence-corrected chi connectivity index (χ0v) is 10.9. The quantitative estimate of drug-likeness (QED) is 0.559. The first-order chi connectivity index (χ1) is 9.16. The third-order valence-electron chi connectivity index (χ3n) is 3.35. The lowest BCUT2D eigenvalue weighted by Crippen LogP contribution is -2.48. The number of carbonyl (C=O) groups excluding carboxylic acids is 1. The van der Waals surface area contributed by atoms with Crippen molar-refractivity contribution in [2.75, 3.05) is 11.4 Å². The molecule has 0 radical (unpaired) electrons. The Morgan fingerprint density at radius 1 is 1.37 bits per heavy atom. The van der Waals surface area contributed by atoms with Gasteiger partial charge in [-0.25, -0.2) is 4.79 Å². The molecule has 0 spiro atoms. The van der Waals surface area contributed by atoms with Crippen molar-refractivity contribution in [2.45, 2.75) is 31.7 Å². The summed E-state index contributed by atoms with van der Waals surface area (Å²) in [6.07, 6.45) is 3.68. The van der Waals surface area contributed by atoms with E-state index in [-0.39, 0.29) is 11.9 Å². The molecule has 0 unspecified atom stereocenters. The number of nitrogens with two attached hydrogens (primary N) is 1. The van der Waals surface area contributed by atoms with Gasteiger partial charge in [0.25, 0.3) is 0 Å². The number of urea groups is 1. The summed E-state index contributed by atoms with van der Waals surface area (Å²) < 4.78 is 0. The molecule has 2 amide bonds. The van der Waals surface area contributed by atoms with E-state index in [1.165, 1.54) is 6.42 Å². The van der Waals surface area contributed by atoms with Gasteiger partial charge in [0.15, 0.2) is 0 Å². The lowest BCUT2D eigenvalue weighted by atomic mass is 9.93. The molecule has 1 aromatic rings. The number of para-hydroxylation sites is 1. The Balaban J connectivity index is 2.04. The molecule has 0 heterocycles. The number of nitrogens with zero attached hydrogens (tertiary/aromatic N) is 1. The molecule has 2 rings (SSSR count). The molecule has 0 aromatic heterocycles. The molecule has 1 aromatic carbocycles. The Hall–Kier alpha value is -2.04. The molecule has 5 heteroatoms. The summed E-state index contributed by atoms with van der Waals surface area (Å²) in [6, 6.07) is 9.69. The van der Waals surface area contributed by atoms with Crippen molar-refractivity contribution in [2.24, 2.45) is 5.73 Å². The molecule has 102 valence electrons. The first-order valence-electron chi connectivity index (χ1n) is 6.63. The van der Waals surface area contributed by atoms with Crippen molar-refractivity contribution < 1.29 is 4.79 Å². The van der Waals surface area contributed by atoms with E-state index in [1.54, 1.807) is 4.90 Å². The molecule has 4 N–H and O–H groups in total.